The molecule has 0 spiro atoms. The number of hydrogen-bond acceptors (Lipinski definition) is 2. The molecule has 1 aliphatic rings. The molecule has 1 aliphatic carbocycles. The first-order chi connectivity index (χ1) is 9.20. The minimum atomic E-state index is -0.108. The molecule has 0 heterocycles. The second-order valence-corrected chi connectivity index (χ2v) is 5.86. The first-order valence-electron chi connectivity index (χ1n) is 6.42. The second kappa shape index (κ2) is 5.35. The Morgan fingerprint density at radius 3 is 1.95 bits per heavy atom. The number of halogens is 1. The van der Waals surface area contributed by atoms with Crippen molar-refractivity contribution in [3.63, 3.8) is 0 Å². The molecule has 1 fully saturated rings. The van der Waals surface area contributed by atoms with Crippen molar-refractivity contribution in [1.82, 2.24) is 0 Å². The van der Waals surface area contributed by atoms with E-state index in [4.69, 9.17) is 4.74 Å². The molecule has 2 aromatic rings. The van der Waals surface area contributed by atoms with E-state index < -0.39 is 0 Å². The average molecular weight is 319 g/mol. The molecule has 1 N–H and O–H groups in total. The highest BCUT2D eigenvalue weighted by molar-refractivity contribution is 9.10. The SMILES string of the molecule is OC1CC(c2ccc(Oc3ccc(Br)cc3)cc2)C1. The van der Waals surface area contributed by atoms with Crippen LogP contribution in [0.1, 0.15) is 24.3 Å². The quantitative estimate of drug-likeness (QED) is 0.904. The third-order valence-electron chi connectivity index (χ3n) is 3.51. The van der Waals surface area contributed by atoms with Gasteiger partial charge >= 0.3 is 0 Å². The van der Waals surface area contributed by atoms with Gasteiger partial charge in [-0.05, 0) is 60.7 Å². The molecule has 0 bridgehead atoms. The van der Waals surface area contributed by atoms with Gasteiger partial charge in [-0.2, -0.15) is 0 Å². The number of benzene rings is 2. The molecule has 98 valence electrons. The number of ether oxygens (including phenoxy) is 1. The lowest BCUT2D eigenvalue weighted by Gasteiger charge is -2.31. The van der Waals surface area contributed by atoms with E-state index in [1.54, 1.807) is 0 Å². The molecule has 0 atom stereocenters. The monoisotopic (exact) mass is 318 g/mol. The summed E-state index contributed by atoms with van der Waals surface area (Å²) in [5, 5.41) is 9.32. The van der Waals surface area contributed by atoms with Crippen molar-refractivity contribution in [3.8, 4) is 11.5 Å². The smallest absolute Gasteiger partial charge is 0.127 e. The number of rotatable bonds is 3. The lowest BCUT2D eigenvalue weighted by molar-refractivity contribution is 0.0746. The highest BCUT2D eigenvalue weighted by Crippen LogP contribution is 2.37. The molecule has 19 heavy (non-hydrogen) atoms. The van der Waals surface area contributed by atoms with E-state index in [0.717, 1.165) is 28.8 Å². The standard InChI is InChI=1S/C16H15BrO2/c17-13-3-7-16(8-4-13)19-15-5-1-11(2-6-15)12-9-14(18)10-12/h1-8,12,14,18H,9-10H2. The summed E-state index contributed by atoms with van der Waals surface area (Å²) in [5.41, 5.74) is 1.29. The summed E-state index contributed by atoms with van der Waals surface area (Å²) in [6, 6.07) is 15.9. The largest absolute Gasteiger partial charge is 0.457 e. The molecule has 0 aliphatic heterocycles. The zero-order chi connectivity index (χ0) is 13.2. The molecule has 0 radical (unpaired) electrons. The second-order valence-electron chi connectivity index (χ2n) is 4.95. The maximum Gasteiger partial charge on any atom is 0.127 e. The van der Waals surface area contributed by atoms with Crippen LogP contribution in [0.2, 0.25) is 0 Å². The Morgan fingerprint density at radius 2 is 1.42 bits per heavy atom. The summed E-state index contributed by atoms with van der Waals surface area (Å²) in [7, 11) is 0. The summed E-state index contributed by atoms with van der Waals surface area (Å²) in [6.45, 7) is 0. The molecule has 0 saturated heterocycles. The Morgan fingerprint density at radius 1 is 0.895 bits per heavy atom. The predicted molar refractivity (Wildman–Crippen MR) is 78.6 cm³/mol. The maximum atomic E-state index is 9.32. The van der Waals surface area contributed by atoms with Gasteiger partial charge in [0, 0.05) is 4.47 Å². The zero-order valence-electron chi connectivity index (χ0n) is 10.4. The third kappa shape index (κ3) is 2.99. The summed E-state index contributed by atoms with van der Waals surface area (Å²) in [5.74, 6) is 2.18. The molecule has 1 saturated carbocycles. The van der Waals surface area contributed by atoms with Gasteiger partial charge in [0.1, 0.15) is 11.5 Å². The van der Waals surface area contributed by atoms with Crippen molar-refractivity contribution in [2.75, 3.05) is 0 Å². The fourth-order valence-corrected chi connectivity index (χ4v) is 2.57. The van der Waals surface area contributed by atoms with Crippen LogP contribution in [0.3, 0.4) is 0 Å². The van der Waals surface area contributed by atoms with E-state index in [9.17, 15) is 5.11 Å². The number of aliphatic hydroxyl groups excluding tert-OH is 1. The first-order valence-corrected chi connectivity index (χ1v) is 7.21. The fraction of sp³-hybridized carbons (Fsp3) is 0.250. The molecule has 2 nitrogen and oxygen atoms in total. The van der Waals surface area contributed by atoms with Gasteiger partial charge < -0.3 is 9.84 Å². The van der Waals surface area contributed by atoms with Gasteiger partial charge in [-0.15, -0.1) is 0 Å². The van der Waals surface area contributed by atoms with Gasteiger partial charge in [0.15, 0.2) is 0 Å². The van der Waals surface area contributed by atoms with E-state index in [-0.39, 0.29) is 6.10 Å². The molecule has 0 unspecified atom stereocenters. The van der Waals surface area contributed by atoms with Crippen LogP contribution < -0.4 is 4.74 Å². The topological polar surface area (TPSA) is 29.5 Å². The minimum absolute atomic E-state index is 0.108. The Balaban J connectivity index is 1.67. The molecular formula is C16H15BrO2. The average Bonchev–Trinajstić information content (AvgIpc) is 2.39. The summed E-state index contributed by atoms with van der Waals surface area (Å²) >= 11 is 3.40. The number of hydrogen-bond donors (Lipinski definition) is 1. The van der Waals surface area contributed by atoms with Crippen molar-refractivity contribution in [1.29, 1.82) is 0 Å². The lowest BCUT2D eigenvalue weighted by atomic mass is 9.78. The van der Waals surface area contributed by atoms with Crippen LogP contribution in [0.5, 0.6) is 11.5 Å². The highest BCUT2D eigenvalue weighted by atomic mass is 79.9. The lowest BCUT2D eigenvalue weighted by Crippen LogP contribution is -2.26. The Hall–Kier alpha value is -1.32. The van der Waals surface area contributed by atoms with Crippen molar-refractivity contribution in [2.24, 2.45) is 0 Å². The van der Waals surface area contributed by atoms with Gasteiger partial charge in [0.25, 0.3) is 0 Å². The van der Waals surface area contributed by atoms with E-state index in [1.807, 2.05) is 36.4 Å². The van der Waals surface area contributed by atoms with Crippen LogP contribution in [0, 0.1) is 0 Å². The van der Waals surface area contributed by atoms with Crippen molar-refractivity contribution in [3.05, 3.63) is 58.6 Å². The Bertz CT molecular complexity index is 542. The molecule has 2 aromatic carbocycles. The van der Waals surface area contributed by atoms with Gasteiger partial charge in [-0.1, -0.05) is 28.1 Å². The van der Waals surface area contributed by atoms with Crippen molar-refractivity contribution >= 4 is 15.9 Å². The van der Waals surface area contributed by atoms with Crippen LogP contribution in [-0.2, 0) is 0 Å². The first kappa shape index (κ1) is 12.7. The normalized spacial score (nSPS) is 21.8. The van der Waals surface area contributed by atoms with Crippen LogP contribution in [0.15, 0.2) is 53.0 Å². The molecule has 0 amide bonds. The minimum Gasteiger partial charge on any atom is -0.457 e. The Kier molecular flexibility index (Phi) is 3.58. The summed E-state index contributed by atoms with van der Waals surface area (Å²) < 4.78 is 6.81. The van der Waals surface area contributed by atoms with Crippen molar-refractivity contribution in [2.45, 2.75) is 24.9 Å². The Labute approximate surface area is 121 Å². The van der Waals surface area contributed by atoms with E-state index >= 15 is 0 Å². The third-order valence-corrected chi connectivity index (χ3v) is 4.04. The van der Waals surface area contributed by atoms with Gasteiger partial charge in [0.05, 0.1) is 6.10 Å². The van der Waals surface area contributed by atoms with Crippen LogP contribution in [0.25, 0.3) is 0 Å². The van der Waals surface area contributed by atoms with Crippen LogP contribution in [-0.4, -0.2) is 11.2 Å². The van der Waals surface area contributed by atoms with E-state index in [1.165, 1.54) is 5.56 Å². The van der Waals surface area contributed by atoms with Crippen molar-refractivity contribution < 1.29 is 9.84 Å². The summed E-state index contributed by atoms with van der Waals surface area (Å²) in [6.07, 6.45) is 1.66. The molecule has 0 aromatic heterocycles. The van der Waals surface area contributed by atoms with E-state index in [2.05, 4.69) is 28.1 Å². The van der Waals surface area contributed by atoms with Crippen LogP contribution >= 0.6 is 15.9 Å². The highest BCUT2D eigenvalue weighted by Gasteiger charge is 2.28. The molecular weight excluding hydrogens is 304 g/mol. The van der Waals surface area contributed by atoms with Gasteiger partial charge in [0.2, 0.25) is 0 Å². The van der Waals surface area contributed by atoms with Crippen LogP contribution in [0.4, 0.5) is 0 Å². The maximum absolute atomic E-state index is 9.32. The zero-order valence-corrected chi connectivity index (χ0v) is 12.0. The van der Waals surface area contributed by atoms with E-state index in [0.29, 0.717) is 5.92 Å². The van der Waals surface area contributed by atoms with Gasteiger partial charge in [-0.25, -0.2) is 0 Å². The molecule has 3 rings (SSSR count). The number of aliphatic hydroxyl groups is 1. The fourth-order valence-electron chi connectivity index (χ4n) is 2.31. The van der Waals surface area contributed by atoms with Gasteiger partial charge in [-0.3, -0.25) is 0 Å². The predicted octanol–water partition coefficient (Wildman–Crippen LogP) is 4.48. The molecule has 3 heteroatoms. The summed E-state index contributed by atoms with van der Waals surface area (Å²) in [4.78, 5) is 0.